The van der Waals surface area contributed by atoms with E-state index < -0.39 is 0 Å². The Kier molecular flexibility index (Phi) is 3.81. The quantitative estimate of drug-likeness (QED) is 0.921. The standard InChI is InChI=1S/C13H17N3OS/c1-4-16(3)11(17)8-14-13-15-12-9(2)6-5-7-10(12)18-13/h5-7H,4,8H2,1-3H3,(H,14,15). The number of fused-ring (bicyclic) bond motifs is 1. The zero-order valence-electron chi connectivity index (χ0n) is 10.9. The van der Waals surface area contributed by atoms with E-state index in [1.54, 1.807) is 23.3 Å². The number of hydrogen-bond donors (Lipinski definition) is 1. The monoisotopic (exact) mass is 263 g/mol. The lowest BCUT2D eigenvalue weighted by atomic mass is 10.2. The number of carbonyl (C=O) groups excluding carboxylic acids is 1. The molecule has 0 saturated heterocycles. The van der Waals surface area contributed by atoms with Gasteiger partial charge in [-0.3, -0.25) is 4.79 Å². The van der Waals surface area contributed by atoms with Crippen molar-refractivity contribution in [2.24, 2.45) is 0 Å². The average Bonchev–Trinajstić information content (AvgIpc) is 2.79. The molecule has 0 atom stereocenters. The van der Waals surface area contributed by atoms with Crippen LogP contribution in [0.4, 0.5) is 5.13 Å². The van der Waals surface area contributed by atoms with Gasteiger partial charge in [-0.05, 0) is 25.5 Å². The number of thiazole rings is 1. The van der Waals surface area contributed by atoms with Crippen LogP contribution in [-0.2, 0) is 4.79 Å². The zero-order valence-corrected chi connectivity index (χ0v) is 11.7. The van der Waals surface area contributed by atoms with Crippen LogP contribution in [0.25, 0.3) is 10.2 Å². The largest absolute Gasteiger partial charge is 0.352 e. The molecule has 1 heterocycles. The van der Waals surface area contributed by atoms with Crippen molar-refractivity contribution in [3.8, 4) is 0 Å². The molecule has 18 heavy (non-hydrogen) atoms. The summed E-state index contributed by atoms with van der Waals surface area (Å²) in [7, 11) is 1.80. The smallest absolute Gasteiger partial charge is 0.241 e. The van der Waals surface area contributed by atoms with Crippen LogP contribution in [0.1, 0.15) is 12.5 Å². The van der Waals surface area contributed by atoms with E-state index in [0.717, 1.165) is 27.5 Å². The molecule has 0 spiro atoms. The summed E-state index contributed by atoms with van der Waals surface area (Å²) in [4.78, 5) is 17.9. The van der Waals surface area contributed by atoms with Crippen molar-refractivity contribution in [2.75, 3.05) is 25.5 Å². The molecule has 1 N–H and O–H groups in total. The van der Waals surface area contributed by atoms with Crippen LogP contribution >= 0.6 is 11.3 Å². The molecule has 0 bridgehead atoms. The van der Waals surface area contributed by atoms with Crippen LogP contribution in [0.5, 0.6) is 0 Å². The summed E-state index contributed by atoms with van der Waals surface area (Å²) in [6, 6.07) is 6.11. The second-order valence-electron chi connectivity index (χ2n) is 4.20. The summed E-state index contributed by atoms with van der Waals surface area (Å²) in [5.41, 5.74) is 2.18. The molecule has 96 valence electrons. The zero-order chi connectivity index (χ0) is 13.1. The number of hydrogen-bond acceptors (Lipinski definition) is 4. The Morgan fingerprint density at radius 2 is 2.28 bits per heavy atom. The van der Waals surface area contributed by atoms with Crippen molar-refractivity contribution in [2.45, 2.75) is 13.8 Å². The Labute approximate surface area is 111 Å². The van der Waals surface area contributed by atoms with Gasteiger partial charge in [0.1, 0.15) is 0 Å². The van der Waals surface area contributed by atoms with Gasteiger partial charge in [-0.1, -0.05) is 23.5 Å². The first-order valence-electron chi connectivity index (χ1n) is 5.95. The summed E-state index contributed by atoms with van der Waals surface area (Å²) in [5, 5.41) is 3.90. The van der Waals surface area contributed by atoms with Crippen LogP contribution in [0.3, 0.4) is 0 Å². The molecule has 4 nitrogen and oxygen atoms in total. The second-order valence-corrected chi connectivity index (χ2v) is 5.23. The minimum absolute atomic E-state index is 0.0773. The molecule has 0 radical (unpaired) electrons. The number of para-hydroxylation sites is 1. The number of likely N-dealkylation sites (N-methyl/N-ethyl adjacent to an activating group) is 1. The number of nitrogens with zero attached hydrogens (tertiary/aromatic N) is 2. The third-order valence-electron chi connectivity index (χ3n) is 2.91. The number of anilines is 1. The molecular formula is C13H17N3OS. The number of amides is 1. The van der Waals surface area contributed by atoms with Gasteiger partial charge in [0, 0.05) is 13.6 Å². The Balaban J connectivity index is 2.09. The minimum atomic E-state index is 0.0773. The Hall–Kier alpha value is -1.62. The van der Waals surface area contributed by atoms with Crippen molar-refractivity contribution in [1.29, 1.82) is 0 Å². The van der Waals surface area contributed by atoms with Crippen molar-refractivity contribution in [3.05, 3.63) is 23.8 Å². The molecule has 0 aliphatic rings. The van der Waals surface area contributed by atoms with Gasteiger partial charge < -0.3 is 10.2 Å². The third-order valence-corrected chi connectivity index (χ3v) is 3.89. The normalized spacial score (nSPS) is 10.6. The van der Waals surface area contributed by atoms with Crippen molar-refractivity contribution in [3.63, 3.8) is 0 Å². The highest BCUT2D eigenvalue weighted by Gasteiger charge is 2.09. The molecule has 5 heteroatoms. The van der Waals surface area contributed by atoms with E-state index in [4.69, 9.17) is 0 Å². The van der Waals surface area contributed by atoms with Crippen LogP contribution in [0.2, 0.25) is 0 Å². The summed E-state index contributed by atoms with van der Waals surface area (Å²) < 4.78 is 1.15. The third kappa shape index (κ3) is 2.61. The Bertz CT molecular complexity index is 564. The highest BCUT2D eigenvalue weighted by atomic mass is 32.1. The van der Waals surface area contributed by atoms with Crippen LogP contribution in [0, 0.1) is 6.92 Å². The first-order valence-corrected chi connectivity index (χ1v) is 6.77. The van der Waals surface area contributed by atoms with E-state index in [1.165, 1.54) is 0 Å². The number of aromatic nitrogens is 1. The first kappa shape index (κ1) is 12.8. The summed E-state index contributed by atoms with van der Waals surface area (Å²) in [6.07, 6.45) is 0. The van der Waals surface area contributed by atoms with Gasteiger partial charge in [0.05, 0.1) is 16.8 Å². The number of rotatable bonds is 4. The first-order chi connectivity index (χ1) is 8.61. The lowest BCUT2D eigenvalue weighted by molar-refractivity contribution is -0.127. The SMILES string of the molecule is CCN(C)C(=O)CNc1nc2c(C)cccc2s1. The maximum Gasteiger partial charge on any atom is 0.241 e. The van der Waals surface area contributed by atoms with E-state index in [2.05, 4.69) is 10.3 Å². The fourth-order valence-corrected chi connectivity index (χ4v) is 2.56. The van der Waals surface area contributed by atoms with Gasteiger partial charge in [0.2, 0.25) is 5.91 Å². The second kappa shape index (κ2) is 5.35. The molecule has 0 aliphatic carbocycles. The Morgan fingerprint density at radius 3 is 2.94 bits per heavy atom. The molecule has 2 rings (SSSR count). The van der Waals surface area contributed by atoms with E-state index in [0.29, 0.717) is 6.54 Å². The highest BCUT2D eigenvalue weighted by molar-refractivity contribution is 7.22. The molecule has 1 amide bonds. The number of benzene rings is 1. The van der Waals surface area contributed by atoms with E-state index >= 15 is 0 Å². The fraction of sp³-hybridized carbons (Fsp3) is 0.385. The maximum atomic E-state index is 11.7. The Morgan fingerprint density at radius 1 is 1.50 bits per heavy atom. The van der Waals surface area contributed by atoms with Gasteiger partial charge in [-0.2, -0.15) is 0 Å². The summed E-state index contributed by atoms with van der Waals surface area (Å²) in [6.45, 7) is 5.02. The van der Waals surface area contributed by atoms with Gasteiger partial charge >= 0.3 is 0 Å². The molecule has 0 fully saturated rings. The number of aryl methyl sites for hydroxylation is 1. The fourth-order valence-electron chi connectivity index (χ4n) is 1.62. The van der Waals surface area contributed by atoms with Crippen molar-refractivity contribution >= 4 is 32.6 Å². The summed E-state index contributed by atoms with van der Waals surface area (Å²) in [5.74, 6) is 0.0773. The average molecular weight is 263 g/mol. The molecule has 0 aliphatic heterocycles. The van der Waals surface area contributed by atoms with Crippen LogP contribution in [-0.4, -0.2) is 35.9 Å². The molecule has 1 aromatic carbocycles. The molecule has 0 saturated carbocycles. The van der Waals surface area contributed by atoms with Gasteiger partial charge in [0.15, 0.2) is 5.13 Å². The predicted molar refractivity (Wildman–Crippen MR) is 76.2 cm³/mol. The topological polar surface area (TPSA) is 45.2 Å². The van der Waals surface area contributed by atoms with Crippen LogP contribution in [0.15, 0.2) is 18.2 Å². The van der Waals surface area contributed by atoms with Gasteiger partial charge in [-0.25, -0.2) is 4.98 Å². The van der Waals surface area contributed by atoms with Gasteiger partial charge in [0.25, 0.3) is 0 Å². The minimum Gasteiger partial charge on any atom is -0.352 e. The van der Waals surface area contributed by atoms with Crippen molar-refractivity contribution < 1.29 is 4.79 Å². The molecule has 2 aromatic rings. The maximum absolute atomic E-state index is 11.7. The van der Waals surface area contributed by atoms with Crippen LogP contribution < -0.4 is 5.32 Å². The highest BCUT2D eigenvalue weighted by Crippen LogP contribution is 2.27. The molecular weight excluding hydrogens is 246 g/mol. The van der Waals surface area contributed by atoms with Gasteiger partial charge in [-0.15, -0.1) is 0 Å². The predicted octanol–water partition coefficient (Wildman–Crippen LogP) is 2.49. The number of nitrogens with one attached hydrogen (secondary N) is 1. The number of carbonyl (C=O) groups is 1. The lowest BCUT2D eigenvalue weighted by Crippen LogP contribution is -2.31. The van der Waals surface area contributed by atoms with E-state index in [-0.39, 0.29) is 5.91 Å². The molecule has 0 unspecified atom stereocenters. The molecule has 1 aromatic heterocycles. The summed E-state index contributed by atoms with van der Waals surface area (Å²) >= 11 is 1.58. The van der Waals surface area contributed by atoms with E-state index in [1.807, 2.05) is 32.0 Å². The lowest BCUT2D eigenvalue weighted by Gasteiger charge is -2.14. The van der Waals surface area contributed by atoms with E-state index in [9.17, 15) is 4.79 Å². The van der Waals surface area contributed by atoms with Crippen molar-refractivity contribution in [1.82, 2.24) is 9.88 Å².